The molecule has 0 N–H and O–H groups in total. The van der Waals surface area contributed by atoms with E-state index in [2.05, 4.69) is 0 Å². The Bertz CT molecular complexity index is 2130. The summed E-state index contributed by atoms with van der Waals surface area (Å²) in [5.41, 5.74) is 4.60. The summed E-state index contributed by atoms with van der Waals surface area (Å²) >= 11 is 0. The molecule has 0 aliphatic rings. The lowest BCUT2D eigenvalue weighted by Crippen LogP contribution is -2.00. The zero-order valence-electron chi connectivity index (χ0n) is 26.4. The highest BCUT2D eigenvalue weighted by Gasteiger charge is 2.15. The SMILES string of the molecule is [2H]c1c([2H])c([2H])c(-c2cc(-c3nc(-c4ccccc4)nc(-c4ccccc4)n3)cc(-c3cccc4ccccc34)c2)c([2H])c1[2H]. The van der Waals surface area contributed by atoms with Crippen molar-refractivity contribution in [3.63, 3.8) is 0 Å². The summed E-state index contributed by atoms with van der Waals surface area (Å²) in [5, 5.41) is 2.08. The number of hydrogen-bond donors (Lipinski definition) is 0. The number of rotatable bonds is 5. The second kappa shape index (κ2) is 10.4. The Morgan fingerprint density at radius 1 is 0.400 bits per heavy atom. The molecule has 0 radical (unpaired) electrons. The van der Waals surface area contributed by atoms with E-state index in [1.807, 2.05) is 115 Å². The molecule has 0 bridgehead atoms. The Morgan fingerprint density at radius 3 is 1.60 bits per heavy atom. The van der Waals surface area contributed by atoms with Crippen molar-refractivity contribution in [3.05, 3.63) is 152 Å². The smallest absolute Gasteiger partial charge is 0.164 e. The quantitative estimate of drug-likeness (QED) is 0.229. The molecule has 0 fully saturated rings. The first kappa shape index (κ1) is 18.8. The van der Waals surface area contributed by atoms with Gasteiger partial charge in [-0.3, -0.25) is 0 Å². The second-order valence-corrected chi connectivity index (χ2v) is 9.36. The summed E-state index contributed by atoms with van der Waals surface area (Å²) < 4.78 is 42.3. The largest absolute Gasteiger partial charge is 0.208 e. The fraction of sp³-hybridized carbons (Fsp3) is 0. The highest BCUT2D eigenvalue weighted by Crippen LogP contribution is 2.36. The van der Waals surface area contributed by atoms with Crippen molar-refractivity contribution in [2.45, 2.75) is 0 Å². The Kier molecular flexibility index (Phi) is 4.88. The van der Waals surface area contributed by atoms with Gasteiger partial charge in [0.05, 0.1) is 6.85 Å². The minimum Gasteiger partial charge on any atom is -0.208 e. The van der Waals surface area contributed by atoms with Crippen LogP contribution in [-0.2, 0) is 0 Å². The van der Waals surface area contributed by atoms with Crippen LogP contribution in [0.4, 0.5) is 0 Å². The first-order valence-corrected chi connectivity index (χ1v) is 13.0. The Hall–Kier alpha value is -5.41. The third-order valence-electron chi connectivity index (χ3n) is 6.78. The van der Waals surface area contributed by atoms with Crippen LogP contribution in [0.15, 0.2) is 152 Å². The van der Waals surface area contributed by atoms with Crippen molar-refractivity contribution in [1.82, 2.24) is 15.0 Å². The maximum absolute atomic E-state index is 8.73. The molecule has 3 nitrogen and oxygen atoms in total. The highest BCUT2D eigenvalue weighted by atomic mass is 15.0. The van der Waals surface area contributed by atoms with Crippen LogP contribution in [-0.4, -0.2) is 15.0 Å². The van der Waals surface area contributed by atoms with Gasteiger partial charge in [-0.1, -0.05) is 133 Å². The molecule has 0 aliphatic heterocycles. The molecule has 7 rings (SSSR count). The summed E-state index contributed by atoms with van der Waals surface area (Å²) in [4.78, 5) is 14.6. The van der Waals surface area contributed by atoms with Gasteiger partial charge in [-0.05, 0) is 51.2 Å². The molecular formula is C37H25N3. The monoisotopic (exact) mass is 516 g/mol. The average Bonchev–Trinajstić information content (AvgIpc) is 3.10. The zero-order chi connectivity index (χ0) is 31.1. The molecule has 6 aromatic carbocycles. The van der Waals surface area contributed by atoms with E-state index in [4.69, 9.17) is 21.8 Å². The predicted octanol–water partition coefficient (Wildman–Crippen LogP) is 9.36. The maximum atomic E-state index is 8.73. The van der Waals surface area contributed by atoms with Gasteiger partial charge < -0.3 is 0 Å². The average molecular weight is 517 g/mol. The fourth-order valence-electron chi connectivity index (χ4n) is 4.87. The molecule has 0 saturated carbocycles. The lowest BCUT2D eigenvalue weighted by Gasteiger charge is -2.13. The van der Waals surface area contributed by atoms with E-state index in [1.165, 1.54) is 0 Å². The summed E-state index contributed by atoms with van der Waals surface area (Å²) in [6, 6.07) is 37.4. The van der Waals surface area contributed by atoms with Crippen molar-refractivity contribution in [2.24, 2.45) is 0 Å². The fourth-order valence-corrected chi connectivity index (χ4v) is 4.87. The summed E-state index contributed by atoms with van der Waals surface area (Å²) in [6.45, 7) is 0. The second-order valence-electron chi connectivity index (χ2n) is 9.36. The molecular weight excluding hydrogens is 486 g/mol. The summed E-state index contributed by atoms with van der Waals surface area (Å²) in [7, 11) is 0. The van der Waals surface area contributed by atoms with Gasteiger partial charge in [0.2, 0.25) is 0 Å². The van der Waals surface area contributed by atoms with E-state index in [0.717, 1.165) is 33.0 Å². The van der Waals surface area contributed by atoms with E-state index in [-0.39, 0.29) is 29.7 Å². The van der Waals surface area contributed by atoms with E-state index in [1.54, 1.807) is 6.07 Å². The van der Waals surface area contributed by atoms with Crippen molar-refractivity contribution in [1.29, 1.82) is 0 Å². The minimum absolute atomic E-state index is 0.116. The van der Waals surface area contributed by atoms with Gasteiger partial charge >= 0.3 is 0 Å². The number of fused-ring (bicyclic) bond motifs is 1. The first-order chi connectivity index (χ1) is 21.9. The zero-order valence-corrected chi connectivity index (χ0v) is 21.4. The third kappa shape index (κ3) is 4.65. The Labute approximate surface area is 240 Å². The van der Waals surface area contributed by atoms with Crippen LogP contribution >= 0.6 is 0 Å². The van der Waals surface area contributed by atoms with Crippen LogP contribution < -0.4 is 0 Å². The molecule has 188 valence electrons. The predicted molar refractivity (Wildman–Crippen MR) is 165 cm³/mol. The molecule has 0 spiro atoms. The molecule has 0 unspecified atom stereocenters. The topological polar surface area (TPSA) is 38.7 Å². The lowest BCUT2D eigenvalue weighted by atomic mass is 9.93. The Balaban J connectivity index is 1.54. The molecule has 0 atom stereocenters. The summed E-state index contributed by atoms with van der Waals surface area (Å²) in [6.07, 6.45) is 0. The van der Waals surface area contributed by atoms with Gasteiger partial charge in [0.15, 0.2) is 17.5 Å². The molecule has 7 aromatic rings. The van der Waals surface area contributed by atoms with Crippen LogP contribution in [0, 0.1) is 0 Å². The van der Waals surface area contributed by atoms with Gasteiger partial charge in [0.25, 0.3) is 0 Å². The standard InChI is InChI=1S/C37H25N3/c1-4-13-26(14-5-1)30-23-31(34-22-12-20-27-15-10-11-21-33(27)34)25-32(24-30)37-39-35(28-16-6-2-7-17-28)38-36(40-37)29-18-8-3-9-19-29/h1-25H/i1D,4D,5D,13D,14D. The maximum Gasteiger partial charge on any atom is 0.164 e. The van der Waals surface area contributed by atoms with Crippen molar-refractivity contribution in [2.75, 3.05) is 0 Å². The van der Waals surface area contributed by atoms with E-state index < -0.39 is 6.04 Å². The Morgan fingerprint density at radius 2 is 0.925 bits per heavy atom. The van der Waals surface area contributed by atoms with Crippen LogP contribution in [0.25, 0.3) is 67.2 Å². The van der Waals surface area contributed by atoms with Gasteiger partial charge in [-0.2, -0.15) is 0 Å². The lowest BCUT2D eigenvalue weighted by molar-refractivity contribution is 1.07. The number of nitrogens with zero attached hydrogens (tertiary/aromatic N) is 3. The molecule has 40 heavy (non-hydrogen) atoms. The number of hydrogen-bond acceptors (Lipinski definition) is 3. The van der Waals surface area contributed by atoms with Crippen molar-refractivity contribution in [3.8, 4) is 56.4 Å². The highest BCUT2D eigenvalue weighted by molar-refractivity contribution is 5.98. The van der Waals surface area contributed by atoms with Crippen molar-refractivity contribution >= 4 is 10.8 Å². The van der Waals surface area contributed by atoms with Crippen LogP contribution in [0.2, 0.25) is 0 Å². The summed E-state index contributed by atoms with van der Waals surface area (Å²) in [5.74, 6) is 1.40. The van der Waals surface area contributed by atoms with Crippen molar-refractivity contribution < 1.29 is 6.85 Å². The molecule has 3 heteroatoms. The molecule has 0 saturated heterocycles. The third-order valence-corrected chi connectivity index (χ3v) is 6.78. The first-order valence-electron chi connectivity index (χ1n) is 15.5. The van der Waals surface area contributed by atoms with E-state index in [0.29, 0.717) is 28.6 Å². The van der Waals surface area contributed by atoms with Gasteiger partial charge in [-0.15, -0.1) is 0 Å². The molecule has 0 aliphatic carbocycles. The molecule has 1 aromatic heterocycles. The van der Waals surface area contributed by atoms with Gasteiger partial charge in [-0.25, -0.2) is 15.0 Å². The number of benzene rings is 6. The van der Waals surface area contributed by atoms with Crippen LogP contribution in [0.1, 0.15) is 6.85 Å². The van der Waals surface area contributed by atoms with Gasteiger partial charge in [0, 0.05) is 16.7 Å². The van der Waals surface area contributed by atoms with Crippen LogP contribution in [0.3, 0.4) is 0 Å². The molecule has 1 heterocycles. The molecule has 0 amide bonds. The van der Waals surface area contributed by atoms with E-state index >= 15 is 0 Å². The van der Waals surface area contributed by atoms with Crippen LogP contribution in [0.5, 0.6) is 0 Å². The normalized spacial score (nSPS) is 12.8. The van der Waals surface area contributed by atoms with Gasteiger partial charge in [0.1, 0.15) is 0 Å². The van der Waals surface area contributed by atoms with E-state index in [9.17, 15) is 0 Å². The number of aromatic nitrogens is 3. The minimum atomic E-state index is -0.434.